The van der Waals surface area contributed by atoms with E-state index in [9.17, 15) is 9.59 Å². The Hall–Kier alpha value is -1.36. The predicted octanol–water partition coefficient (Wildman–Crippen LogP) is 3.00. The maximum atomic E-state index is 11.7. The number of hydrogen-bond donors (Lipinski definition) is 2. The van der Waals surface area contributed by atoms with Gasteiger partial charge in [0, 0.05) is 15.7 Å². The third kappa shape index (κ3) is 5.87. The number of rotatable bonds is 3. The van der Waals surface area contributed by atoms with Crippen molar-refractivity contribution >= 4 is 33.4 Å². The first-order chi connectivity index (χ1) is 8.67. The number of carbonyl (C=O) groups excluding carboxylic acids is 2. The number of carbonyl (C=O) groups is 2. The van der Waals surface area contributed by atoms with Gasteiger partial charge in [-0.3, -0.25) is 9.59 Å². The molecule has 0 atom stereocenters. The number of anilines is 1. The number of benzene rings is 1. The summed E-state index contributed by atoms with van der Waals surface area (Å²) in [4.78, 5) is 23.3. The number of nitrogens with one attached hydrogen (secondary N) is 2. The third-order valence-electron chi connectivity index (χ3n) is 2.28. The van der Waals surface area contributed by atoms with Gasteiger partial charge in [0.25, 0.3) is 0 Å². The van der Waals surface area contributed by atoms with E-state index in [4.69, 9.17) is 0 Å². The Morgan fingerprint density at radius 3 is 2.37 bits per heavy atom. The zero-order valence-electron chi connectivity index (χ0n) is 11.6. The second-order valence-corrected chi connectivity index (χ2v) is 6.34. The van der Waals surface area contributed by atoms with Crippen molar-refractivity contribution < 1.29 is 9.59 Å². The molecule has 2 amide bonds. The molecule has 0 heterocycles. The van der Waals surface area contributed by atoms with Gasteiger partial charge in [-0.25, -0.2) is 0 Å². The molecule has 1 rings (SSSR count). The number of aryl methyl sites for hydroxylation is 1. The minimum atomic E-state index is -0.328. The summed E-state index contributed by atoms with van der Waals surface area (Å²) in [5.74, 6) is -0.595. The Bertz CT molecular complexity index is 493. The van der Waals surface area contributed by atoms with Crippen molar-refractivity contribution in [2.45, 2.75) is 39.7 Å². The largest absolute Gasteiger partial charge is 0.351 e. The molecule has 1 aromatic rings. The van der Waals surface area contributed by atoms with Crippen molar-refractivity contribution in [1.82, 2.24) is 5.32 Å². The fraction of sp³-hybridized carbons (Fsp3) is 0.429. The molecule has 104 valence electrons. The molecule has 0 aliphatic carbocycles. The highest BCUT2D eigenvalue weighted by molar-refractivity contribution is 9.10. The Kier molecular flexibility index (Phi) is 5.11. The zero-order valence-corrected chi connectivity index (χ0v) is 13.2. The summed E-state index contributed by atoms with van der Waals surface area (Å²) in [5.41, 5.74) is 1.39. The van der Waals surface area contributed by atoms with Crippen molar-refractivity contribution in [3.05, 3.63) is 28.2 Å². The van der Waals surface area contributed by atoms with Gasteiger partial charge < -0.3 is 10.6 Å². The van der Waals surface area contributed by atoms with E-state index in [2.05, 4.69) is 26.6 Å². The molecule has 19 heavy (non-hydrogen) atoms. The molecule has 0 aromatic heterocycles. The van der Waals surface area contributed by atoms with E-state index in [0.717, 1.165) is 10.0 Å². The molecule has 5 heteroatoms. The first kappa shape index (κ1) is 15.7. The molecule has 0 saturated carbocycles. The van der Waals surface area contributed by atoms with E-state index in [1.54, 1.807) is 6.07 Å². The van der Waals surface area contributed by atoms with Crippen molar-refractivity contribution in [2.75, 3.05) is 5.32 Å². The van der Waals surface area contributed by atoms with Gasteiger partial charge in [0.1, 0.15) is 6.42 Å². The van der Waals surface area contributed by atoms with Crippen molar-refractivity contribution in [3.63, 3.8) is 0 Å². The molecule has 2 N–H and O–H groups in total. The van der Waals surface area contributed by atoms with Crippen LogP contribution in [0, 0.1) is 6.92 Å². The molecular formula is C14H19BrN2O2. The fourth-order valence-corrected chi connectivity index (χ4v) is 1.78. The first-order valence-corrected chi connectivity index (χ1v) is 6.84. The summed E-state index contributed by atoms with van der Waals surface area (Å²) in [6, 6.07) is 5.50. The summed E-state index contributed by atoms with van der Waals surface area (Å²) < 4.78 is 0.982. The maximum absolute atomic E-state index is 11.7. The van der Waals surface area contributed by atoms with Crippen LogP contribution in [0.3, 0.4) is 0 Å². The van der Waals surface area contributed by atoms with Crippen molar-refractivity contribution in [2.24, 2.45) is 0 Å². The highest BCUT2D eigenvalue weighted by Gasteiger charge is 2.16. The van der Waals surface area contributed by atoms with Crippen LogP contribution in [-0.4, -0.2) is 17.4 Å². The van der Waals surface area contributed by atoms with E-state index in [0.29, 0.717) is 5.69 Å². The SMILES string of the molecule is Cc1cc(NC(=O)CC(=O)NC(C)(C)C)ccc1Br. The molecular weight excluding hydrogens is 308 g/mol. The van der Waals surface area contributed by atoms with Crippen LogP contribution in [0.15, 0.2) is 22.7 Å². The van der Waals surface area contributed by atoms with E-state index >= 15 is 0 Å². The zero-order chi connectivity index (χ0) is 14.6. The van der Waals surface area contributed by atoms with Crippen LogP contribution in [0.25, 0.3) is 0 Å². The van der Waals surface area contributed by atoms with Crippen molar-refractivity contribution in [3.8, 4) is 0 Å². The summed E-state index contributed by atoms with van der Waals surface area (Å²) in [6.07, 6.45) is -0.174. The number of hydrogen-bond acceptors (Lipinski definition) is 2. The van der Waals surface area contributed by atoms with Gasteiger partial charge in [-0.15, -0.1) is 0 Å². The van der Waals surface area contributed by atoms with E-state index in [1.165, 1.54) is 0 Å². The Morgan fingerprint density at radius 2 is 1.84 bits per heavy atom. The van der Waals surface area contributed by atoms with Gasteiger partial charge in [0.15, 0.2) is 0 Å². The summed E-state index contributed by atoms with van der Waals surface area (Å²) >= 11 is 3.39. The van der Waals surface area contributed by atoms with Crippen LogP contribution in [0.1, 0.15) is 32.8 Å². The quantitative estimate of drug-likeness (QED) is 0.839. The third-order valence-corrected chi connectivity index (χ3v) is 3.17. The summed E-state index contributed by atoms with van der Waals surface area (Å²) in [6.45, 7) is 7.56. The van der Waals surface area contributed by atoms with Crippen LogP contribution in [0.5, 0.6) is 0 Å². The van der Waals surface area contributed by atoms with Gasteiger partial charge >= 0.3 is 0 Å². The normalized spacial score (nSPS) is 11.0. The van der Waals surface area contributed by atoms with Gasteiger partial charge in [0.05, 0.1) is 0 Å². The van der Waals surface area contributed by atoms with E-state index in [-0.39, 0.29) is 23.8 Å². The molecule has 0 unspecified atom stereocenters. The number of halogens is 1. The first-order valence-electron chi connectivity index (χ1n) is 6.04. The van der Waals surface area contributed by atoms with Crippen LogP contribution in [0.2, 0.25) is 0 Å². The fourth-order valence-electron chi connectivity index (χ4n) is 1.54. The number of amides is 2. The molecule has 0 radical (unpaired) electrons. The van der Waals surface area contributed by atoms with Crippen LogP contribution in [0.4, 0.5) is 5.69 Å². The maximum Gasteiger partial charge on any atom is 0.233 e. The molecule has 0 spiro atoms. The lowest BCUT2D eigenvalue weighted by molar-refractivity contribution is -0.127. The average Bonchev–Trinajstić information content (AvgIpc) is 2.20. The van der Waals surface area contributed by atoms with Gasteiger partial charge in [-0.2, -0.15) is 0 Å². The monoisotopic (exact) mass is 326 g/mol. The molecule has 0 fully saturated rings. The average molecular weight is 327 g/mol. The lowest BCUT2D eigenvalue weighted by atomic mass is 10.1. The van der Waals surface area contributed by atoms with Crippen LogP contribution < -0.4 is 10.6 Å². The standard InChI is InChI=1S/C14H19BrN2O2/c1-9-7-10(5-6-11(9)15)16-12(18)8-13(19)17-14(2,3)4/h5-7H,8H2,1-4H3,(H,16,18)(H,17,19). The Labute approximate surface area is 122 Å². The highest BCUT2D eigenvalue weighted by atomic mass is 79.9. The van der Waals surface area contributed by atoms with Crippen LogP contribution in [-0.2, 0) is 9.59 Å². The van der Waals surface area contributed by atoms with Crippen molar-refractivity contribution in [1.29, 1.82) is 0 Å². The molecule has 0 saturated heterocycles. The minimum absolute atomic E-state index is 0.174. The predicted molar refractivity (Wildman–Crippen MR) is 80.0 cm³/mol. The lowest BCUT2D eigenvalue weighted by Gasteiger charge is -2.20. The lowest BCUT2D eigenvalue weighted by Crippen LogP contribution is -2.41. The van der Waals surface area contributed by atoms with Gasteiger partial charge in [0.2, 0.25) is 11.8 Å². The topological polar surface area (TPSA) is 58.2 Å². The second-order valence-electron chi connectivity index (χ2n) is 5.49. The van der Waals surface area contributed by atoms with Gasteiger partial charge in [-0.1, -0.05) is 15.9 Å². The Balaban J connectivity index is 2.56. The summed E-state index contributed by atoms with van der Waals surface area (Å²) in [7, 11) is 0. The van der Waals surface area contributed by atoms with E-state index < -0.39 is 0 Å². The smallest absolute Gasteiger partial charge is 0.233 e. The molecule has 4 nitrogen and oxygen atoms in total. The van der Waals surface area contributed by atoms with Crippen LogP contribution >= 0.6 is 15.9 Å². The minimum Gasteiger partial charge on any atom is -0.351 e. The molecule has 1 aromatic carbocycles. The molecule has 0 bridgehead atoms. The van der Waals surface area contributed by atoms with E-state index in [1.807, 2.05) is 39.8 Å². The molecule has 0 aliphatic rings. The second kappa shape index (κ2) is 6.19. The van der Waals surface area contributed by atoms with Gasteiger partial charge in [-0.05, 0) is 51.5 Å². The Morgan fingerprint density at radius 1 is 1.21 bits per heavy atom. The highest BCUT2D eigenvalue weighted by Crippen LogP contribution is 2.20. The summed E-state index contributed by atoms with van der Waals surface area (Å²) in [5, 5.41) is 5.46. The molecule has 0 aliphatic heterocycles.